The number of sulfonamides is 2. The zero-order chi connectivity index (χ0) is 22.5. The number of amides is 1. The number of primary sulfonamides is 1. The molecule has 0 saturated heterocycles. The van der Waals surface area contributed by atoms with E-state index in [1.165, 1.54) is 46.8 Å². The number of hydrogen-bond acceptors (Lipinski definition) is 6. The molecule has 0 aromatic heterocycles. The number of carbonyl (C=O) groups excluding carboxylic acids is 1. The van der Waals surface area contributed by atoms with Gasteiger partial charge in [-0.2, -0.15) is 4.31 Å². The van der Waals surface area contributed by atoms with Gasteiger partial charge in [0.1, 0.15) is 10.6 Å². The van der Waals surface area contributed by atoms with Crippen LogP contribution in [0.4, 0.5) is 5.69 Å². The molecule has 2 aromatic carbocycles. The third kappa shape index (κ3) is 5.92. The smallest absolute Gasteiger partial charge is 0.262 e. The summed E-state index contributed by atoms with van der Waals surface area (Å²) < 4.78 is 54.9. The molecule has 2 rings (SSSR count). The Morgan fingerprint density at radius 1 is 1.07 bits per heavy atom. The Morgan fingerprint density at radius 3 is 2.20 bits per heavy atom. The number of rotatable bonds is 9. The first kappa shape index (κ1) is 24.1. The summed E-state index contributed by atoms with van der Waals surface area (Å²) in [6.45, 7) is 3.47. The van der Waals surface area contributed by atoms with Crippen molar-refractivity contribution in [3.63, 3.8) is 0 Å². The Hall–Kier alpha value is -2.18. The molecule has 2 aromatic rings. The third-order valence-corrected chi connectivity index (χ3v) is 7.29. The second kappa shape index (κ2) is 9.75. The van der Waals surface area contributed by atoms with E-state index in [-0.39, 0.29) is 33.7 Å². The van der Waals surface area contributed by atoms with Gasteiger partial charge in [-0.3, -0.25) is 4.79 Å². The van der Waals surface area contributed by atoms with Crippen LogP contribution in [0.15, 0.2) is 52.3 Å². The maximum Gasteiger partial charge on any atom is 0.262 e. The molecule has 0 aliphatic heterocycles. The van der Waals surface area contributed by atoms with Gasteiger partial charge in [0.2, 0.25) is 20.0 Å². The molecule has 0 radical (unpaired) electrons. The van der Waals surface area contributed by atoms with Gasteiger partial charge in [0, 0.05) is 23.8 Å². The highest BCUT2D eigenvalue weighted by atomic mass is 35.5. The van der Waals surface area contributed by atoms with E-state index in [1.807, 2.05) is 0 Å². The van der Waals surface area contributed by atoms with Crippen molar-refractivity contribution < 1.29 is 26.4 Å². The van der Waals surface area contributed by atoms with E-state index < -0.39 is 32.6 Å². The first-order valence-electron chi connectivity index (χ1n) is 8.84. The van der Waals surface area contributed by atoms with Gasteiger partial charge in [-0.25, -0.2) is 22.0 Å². The number of benzene rings is 2. The number of halogens is 1. The summed E-state index contributed by atoms with van der Waals surface area (Å²) in [6, 6.07) is 9.36. The van der Waals surface area contributed by atoms with Gasteiger partial charge < -0.3 is 10.1 Å². The topological polar surface area (TPSA) is 136 Å². The minimum Gasteiger partial charge on any atom is -0.482 e. The predicted molar refractivity (Wildman–Crippen MR) is 113 cm³/mol. The normalized spacial score (nSPS) is 12.0. The van der Waals surface area contributed by atoms with Crippen LogP contribution >= 0.6 is 11.6 Å². The van der Waals surface area contributed by atoms with Crippen LogP contribution in [0.1, 0.15) is 13.8 Å². The third-order valence-electron chi connectivity index (χ3n) is 4.05. The lowest BCUT2D eigenvalue weighted by Crippen LogP contribution is -2.31. The van der Waals surface area contributed by atoms with E-state index in [2.05, 4.69) is 5.32 Å². The van der Waals surface area contributed by atoms with Crippen LogP contribution in [0.3, 0.4) is 0 Å². The van der Waals surface area contributed by atoms with Crippen molar-refractivity contribution in [3.05, 3.63) is 47.5 Å². The largest absolute Gasteiger partial charge is 0.482 e. The Bertz CT molecular complexity index is 1120. The molecule has 0 atom stereocenters. The molecule has 0 spiro atoms. The highest BCUT2D eigenvalue weighted by molar-refractivity contribution is 7.89. The van der Waals surface area contributed by atoms with Crippen molar-refractivity contribution in [2.24, 2.45) is 5.14 Å². The van der Waals surface area contributed by atoms with Crippen molar-refractivity contribution in [2.45, 2.75) is 23.6 Å². The summed E-state index contributed by atoms with van der Waals surface area (Å²) in [6.07, 6.45) is 0. The highest BCUT2D eigenvalue weighted by Gasteiger charge is 2.26. The van der Waals surface area contributed by atoms with E-state index >= 15 is 0 Å². The molecule has 3 N–H and O–H groups in total. The molecule has 30 heavy (non-hydrogen) atoms. The van der Waals surface area contributed by atoms with E-state index in [4.69, 9.17) is 21.5 Å². The lowest BCUT2D eigenvalue weighted by Gasteiger charge is -2.20. The summed E-state index contributed by atoms with van der Waals surface area (Å²) >= 11 is 5.96. The van der Waals surface area contributed by atoms with Crippen LogP contribution in [0, 0.1) is 0 Å². The zero-order valence-corrected chi connectivity index (χ0v) is 18.7. The fourth-order valence-electron chi connectivity index (χ4n) is 2.57. The molecule has 0 aliphatic rings. The summed E-state index contributed by atoms with van der Waals surface area (Å²) in [5, 5.41) is 7.76. The monoisotopic (exact) mass is 475 g/mol. The summed E-state index contributed by atoms with van der Waals surface area (Å²) in [5.74, 6) is -0.578. The average molecular weight is 476 g/mol. The lowest BCUT2D eigenvalue weighted by atomic mass is 10.3. The standard InChI is InChI=1S/C18H22ClN3O6S2/c1-3-22(4-2)30(26,27)17-11-13(19)5-10-16(17)28-12-18(23)21-14-6-8-15(9-7-14)29(20,24)25/h5-11H,3-4,12H2,1-2H3,(H,21,23)(H2,20,24,25). The molecule has 0 saturated carbocycles. The molecule has 0 fully saturated rings. The van der Waals surface area contributed by atoms with Crippen LogP contribution in [0.25, 0.3) is 0 Å². The van der Waals surface area contributed by atoms with E-state index in [1.54, 1.807) is 13.8 Å². The maximum absolute atomic E-state index is 12.8. The quantitative estimate of drug-likeness (QED) is 0.569. The van der Waals surface area contributed by atoms with Gasteiger partial charge in [0.15, 0.2) is 6.61 Å². The molecule has 1 amide bonds. The van der Waals surface area contributed by atoms with Crippen molar-refractivity contribution in [1.29, 1.82) is 0 Å². The first-order valence-corrected chi connectivity index (χ1v) is 12.2. The Kier molecular flexibility index (Phi) is 7.83. The molecular formula is C18H22ClN3O6S2. The van der Waals surface area contributed by atoms with Gasteiger partial charge in [-0.15, -0.1) is 0 Å². The second-order valence-electron chi connectivity index (χ2n) is 6.09. The molecule has 12 heteroatoms. The number of hydrogen-bond donors (Lipinski definition) is 2. The van der Waals surface area contributed by atoms with E-state index in [0.717, 1.165) is 0 Å². The summed E-state index contributed by atoms with van der Waals surface area (Å²) in [7, 11) is -7.69. The fourth-order valence-corrected chi connectivity index (χ4v) is 4.94. The van der Waals surface area contributed by atoms with Gasteiger partial charge in [0.25, 0.3) is 5.91 Å². The highest BCUT2D eigenvalue weighted by Crippen LogP contribution is 2.30. The van der Waals surface area contributed by atoms with Crippen molar-refractivity contribution in [1.82, 2.24) is 4.31 Å². The summed E-state index contributed by atoms with van der Waals surface area (Å²) in [5.41, 5.74) is 0.322. The Morgan fingerprint density at radius 2 is 1.67 bits per heavy atom. The van der Waals surface area contributed by atoms with Gasteiger partial charge in [-0.05, 0) is 42.5 Å². The molecule has 164 valence electrons. The Balaban J connectivity index is 2.15. The zero-order valence-electron chi connectivity index (χ0n) is 16.3. The van der Waals surface area contributed by atoms with Crippen LogP contribution in [-0.2, 0) is 24.8 Å². The van der Waals surface area contributed by atoms with Crippen LogP contribution in [0.2, 0.25) is 5.02 Å². The molecule has 0 heterocycles. The van der Waals surface area contributed by atoms with E-state index in [9.17, 15) is 21.6 Å². The Labute approximate surface area is 180 Å². The molecule has 9 nitrogen and oxygen atoms in total. The van der Waals surface area contributed by atoms with Crippen LogP contribution < -0.4 is 15.2 Å². The molecule has 0 aliphatic carbocycles. The maximum atomic E-state index is 12.8. The minimum atomic E-state index is -3.86. The summed E-state index contributed by atoms with van der Waals surface area (Å²) in [4.78, 5) is 11.9. The fraction of sp³-hybridized carbons (Fsp3) is 0.278. The number of nitrogens with one attached hydrogen (secondary N) is 1. The van der Waals surface area contributed by atoms with Gasteiger partial charge in [-0.1, -0.05) is 25.4 Å². The van der Waals surface area contributed by atoms with Crippen LogP contribution in [-0.4, -0.2) is 46.7 Å². The lowest BCUT2D eigenvalue weighted by molar-refractivity contribution is -0.118. The van der Waals surface area contributed by atoms with Crippen LogP contribution in [0.5, 0.6) is 5.75 Å². The first-order chi connectivity index (χ1) is 14.0. The number of carbonyl (C=O) groups is 1. The second-order valence-corrected chi connectivity index (χ2v) is 9.99. The van der Waals surface area contributed by atoms with Gasteiger partial charge >= 0.3 is 0 Å². The number of anilines is 1. The number of ether oxygens (including phenoxy) is 1. The minimum absolute atomic E-state index is 0.00831. The van der Waals surface area contributed by atoms with Crippen molar-refractivity contribution in [2.75, 3.05) is 25.0 Å². The molecule has 0 bridgehead atoms. The van der Waals surface area contributed by atoms with Crippen molar-refractivity contribution >= 4 is 43.2 Å². The predicted octanol–water partition coefficient (Wildman–Crippen LogP) is 2.04. The van der Waals surface area contributed by atoms with Crippen molar-refractivity contribution in [3.8, 4) is 5.75 Å². The van der Waals surface area contributed by atoms with E-state index in [0.29, 0.717) is 5.69 Å². The average Bonchev–Trinajstić information content (AvgIpc) is 2.67. The van der Waals surface area contributed by atoms with Gasteiger partial charge in [0.05, 0.1) is 4.90 Å². The molecule has 0 unspecified atom stereocenters. The molecular weight excluding hydrogens is 454 g/mol. The number of nitrogens with zero attached hydrogens (tertiary/aromatic N) is 1. The SMILES string of the molecule is CCN(CC)S(=O)(=O)c1cc(Cl)ccc1OCC(=O)Nc1ccc(S(N)(=O)=O)cc1. The number of nitrogens with two attached hydrogens (primary N) is 1.